The number of hydrazine groups is 1. The Morgan fingerprint density at radius 2 is 1.36 bits per heavy atom. The van der Waals surface area contributed by atoms with Gasteiger partial charge in [0.15, 0.2) is 0 Å². The zero-order chi connectivity index (χ0) is 26.0. The van der Waals surface area contributed by atoms with Crippen LogP contribution in [-0.4, -0.2) is 21.8 Å². The molecular formula is C29H45N3O3S. The quantitative estimate of drug-likeness (QED) is 0.0907. The van der Waals surface area contributed by atoms with E-state index in [-0.39, 0.29) is 17.2 Å². The van der Waals surface area contributed by atoms with Crippen molar-refractivity contribution in [3.05, 3.63) is 48.5 Å². The normalized spacial score (nSPS) is 12.6. The number of hydrogen-bond donors (Lipinski definition) is 4. The molecule has 0 saturated heterocycles. The molecular weight excluding hydrogens is 470 g/mol. The molecule has 0 aliphatic rings. The molecule has 0 aromatic heterocycles. The molecule has 0 radical (unpaired) electrons. The van der Waals surface area contributed by atoms with Crippen molar-refractivity contribution in [2.24, 2.45) is 0 Å². The Morgan fingerprint density at radius 3 is 1.94 bits per heavy atom. The molecule has 0 aliphatic heterocycles. The van der Waals surface area contributed by atoms with Gasteiger partial charge in [-0.25, -0.2) is 10.2 Å². The maximum absolute atomic E-state index is 12.2. The van der Waals surface area contributed by atoms with Gasteiger partial charge in [0.2, 0.25) is 0 Å². The van der Waals surface area contributed by atoms with Crippen LogP contribution in [0.15, 0.2) is 48.5 Å². The lowest BCUT2D eigenvalue weighted by Crippen LogP contribution is -2.44. The molecule has 7 heteroatoms. The number of ether oxygens (including phenoxy) is 1. The topological polar surface area (TPSA) is 82.6 Å². The van der Waals surface area contributed by atoms with Crippen molar-refractivity contribution < 1.29 is 14.6 Å². The van der Waals surface area contributed by atoms with E-state index in [0.717, 1.165) is 0 Å². The largest absolute Gasteiger partial charge is 0.508 e. The number of hydrogen-bond acceptors (Lipinski definition) is 5. The van der Waals surface area contributed by atoms with Gasteiger partial charge in [-0.3, -0.25) is 5.43 Å². The second kappa shape index (κ2) is 18.0. The van der Waals surface area contributed by atoms with Gasteiger partial charge in [-0.1, -0.05) is 78.1 Å². The average molecular weight is 516 g/mol. The molecule has 0 bridgehead atoms. The number of rotatable bonds is 18. The summed E-state index contributed by atoms with van der Waals surface area (Å²) in [5.41, 5.74) is 6.47. The molecule has 2 aromatic carbocycles. The molecule has 0 aliphatic carbocycles. The number of benzene rings is 2. The van der Waals surface area contributed by atoms with Gasteiger partial charge in [0.05, 0.1) is 5.37 Å². The molecule has 2 atom stereocenters. The fraction of sp³-hybridized carbons (Fsp3) is 0.552. The van der Waals surface area contributed by atoms with Gasteiger partial charge >= 0.3 is 6.03 Å². The van der Waals surface area contributed by atoms with Gasteiger partial charge < -0.3 is 15.2 Å². The van der Waals surface area contributed by atoms with E-state index in [1.165, 1.54) is 70.6 Å². The standard InChI is InChI=1S/C29H45N3O3S/c1-4-5-6-7-8-9-10-11-12-13-14-23(2)36-24(3)31-32-29(34)30-25-15-19-27(20-16-25)35-28-21-17-26(33)18-22-28/h15-24,31,33H,4-14H2,1-3H3,(H2,30,32,34). The maximum Gasteiger partial charge on any atom is 0.333 e. The highest BCUT2D eigenvalue weighted by atomic mass is 32.2. The van der Waals surface area contributed by atoms with Crippen molar-refractivity contribution >= 4 is 23.5 Å². The van der Waals surface area contributed by atoms with E-state index in [9.17, 15) is 9.90 Å². The van der Waals surface area contributed by atoms with Gasteiger partial charge in [-0.2, -0.15) is 0 Å². The molecule has 0 saturated carbocycles. The average Bonchev–Trinajstić information content (AvgIpc) is 2.86. The summed E-state index contributed by atoms with van der Waals surface area (Å²) in [6, 6.07) is 13.3. The second-order valence-electron chi connectivity index (χ2n) is 9.40. The summed E-state index contributed by atoms with van der Waals surface area (Å²) in [4.78, 5) is 12.2. The summed E-state index contributed by atoms with van der Waals surface area (Å²) in [5.74, 6) is 1.47. The Balaban J connectivity index is 1.53. The lowest BCUT2D eigenvalue weighted by molar-refractivity contribution is 0.248. The Kier molecular flexibility index (Phi) is 14.9. The van der Waals surface area contributed by atoms with E-state index in [2.05, 4.69) is 36.9 Å². The molecule has 36 heavy (non-hydrogen) atoms. The van der Waals surface area contributed by atoms with Gasteiger partial charge in [0.1, 0.15) is 17.2 Å². The van der Waals surface area contributed by atoms with Crippen molar-refractivity contribution in [1.29, 1.82) is 0 Å². The third-order valence-electron chi connectivity index (χ3n) is 5.97. The first-order chi connectivity index (χ1) is 17.5. The lowest BCUT2D eigenvalue weighted by atomic mass is 10.1. The van der Waals surface area contributed by atoms with Crippen LogP contribution in [-0.2, 0) is 0 Å². The molecule has 200 valence electrons. The molecule has 2 amide bonds. The minimum absolute atomic E-state index is 0.120. The number of anilines is 1. The third-order valence-corrected chi connectivity index (χ3v) is 7.20. The molecule has 4 N–H and O–H groups in total. The van der Waals surface area contributed by atoms with Crippen molar-refractivity contribution in [2.75, 3.05) is 5.32 Å². The fourth-order valence-electron chi connectivity index (χ4n) is 3.96. The van der Waals surface area contributed by atoms with Gasteiger partial charge in [-0.05, 0) is 61.9 Å². The van der Waals surface area contributed by atoms with Crippen molar-refractivity contribution in [3.8, 4) is 17.2 Å². The van der Waals surface area contributed by atoms with Crippen LogP contribution in [0, 0.1) is 0 Å². The maximum atomic E-state index is 12.2. The number of carbonyl (C=O) groups excluding carboxylic acids is 1. The first-order valence-electron chi connectivity index (χ1n) is 13.5. The van der Waals surface area contributed by atoms with Crippen LogP contribution in [0.5, 0.6) is 17.2 Å². The molecule has 2 unspecified atom stereocenters. The van der Waals surface area contributed by atoms with Crippen LogP contribution < -0.4 is 20.9 Å². The summed E-state index contributed by atoms with van der Waals surface area (Å²) in [6.07, 6.45) is 14.8. The summed E-state index contributed by atoms with van der Waals surface area (Å²) in [7, 11) is 0. The number of thioether (sulfide) groups is 1. The summed E-state index contributed by atoms with van der Waals surface area (Å²) >= 11 is 1.85. The molecule has 0 spiro atoms. The highest BCUT2D eigenvalue weighted by Crippen LogP contribution is 2.25. The summed E-state index contributed by atoms with van der Waals surface area (Å²) < 4.78 is 5.72. The predicted octanol–water partition coefficient (Wildman–Crippen LogP) is 8.59. The fourth-order valence-corrected chi connectivity index (χ4v) is 5.08. The zero-order valence-electron chi connectivity index (χ0n) is 22.2. The van der Waals surface area contributed by atoms with Gasteiger partial charge in [0.25, 0.3) is 0 Å². The molecule has 6 nitrogen and oxygen atoms in total. The molecule has 0 heterocycles. The lowest BCUT2D eigenvalue weighted by Gasteiger charge is -2.19. The number of amides is 2. The van der Waals surface area contributed by atoms with Crippen LogP contribution in [0.25, 0.3) is 0 Å². The number of aromatic hydroxyl groups is 1. The first-order valence-corrected chi connectivity index (χ1v) is 14.5. The van der Waals surface area contributed by atoms with E-state index >= 15 is 0 Å². The van der Waals surface area contributed by atoms with Crippen LogP contribution >= 0.6 is 11.8 Å². The SMILES string of the molecule is CCCCCCCCCCCCC(C)SC(C)NNC(=O)Nc1ccc(Oc2ccc(O)cc2)cc1. The number of urea groups is 1. The zero-order valence-corrected chi connectivity index (χ0v) is 23.0. The smallest absolute Gasteiger partial charge is 0.333 e. The number of phenols is 1. The third kappa shape index (κ3) is 13.6. The van der Waals surface area contributed by atoms with Gasteiger partial charge in [-0.15, -0.1) is 11.8 Å². The minimum Gasteiger partial charge on any atom is -0.508 e. The van der Waals surface area contributed by atoms with Crippen molar-refractivity contribution in [2.45, 2.75) is 102 Å². The van der Waals surface area contributed by atoms with Crippen molar-refractivity contribution in [1.82, 2.24) is 10.9 Å². The van der Waals surface area contributed by atoms with Crippen LogP contribution in [0.4, 0.5) is 10.5 Å². The Hall–Kier alpha value is -2.38. The molecule has 2 aromatic rings. The highest BCUT2D eigenvalue weighted by Gasteiger charge is 2.10. The Morgan fingerprint density at radius 1 is 0.833 bits per heavy atom. The monoisotopic (exact) mass is 515 g/mol. The molecule has 2 rings (SSSR count). The van der Waals surface area contributed by atoms with Crippen LogP contribution in [0.3, 0.4) is 0 Å². The Bertz CT molecular complexity index is 846. The van der Waals surface area contributed by atoms with Crippen LogP contribution in [0.1, 0.15) is 91.4 Å². The predicted molar refractivity (Wildman–Crippen MR) is 153 cm³/mol. The van der Waals surface area contributed by atoms with E-state index in [0.29, 0.717) is 22.4 Å². The Labute approximate surface area is 222 Å². The first kappa shape index (κ1) is 29.8. The summed E-state index contributed by atoms with van der Waals surface area (Å²) in [6.45, 7) is 6.59. The number of carbonyl (C=O) groups is 1. The van der Waals surface area contributed by atoms with E-state index in [1.54, 1.807) is 48.5 Å². The van der Waals surface area contributed by atoms with Crippen molar-refractivity contribution in [3.63, 3.8) is 0 Å². The molecule has 0 fully saturated rings. The van der Waals surface area contributed by atoms with Crippen LogP contribution in [0.2, 0.25) is 0 Å². The summed E-state index contributed by atoms with van der Waals surface area (Å²) in [5, 5.41) is 12.8. The van der Waals surface area contributed by atoms with E-state index in [4.69, 9.17) is 4.74 Å². The minimum atomic E-state index is -0.308. The van der Waals surface area contributed by atoms with Gasteiger partial charge in [0, 0.05) is 10.9 Å². The number of nitrogens with one attached hydrogen (secondary N) is 3. The highest BCUT2D eigenvalue weighted by molar-refractivity contribution is 8.00. The number of unbranched alkanes of at least 4 members (excludes halogenated alkanes) is 9. The second-order valence-corrected chi connectivity index (χ2v) is 11.2. The van der Waals surface area contributed by atoms with E-state index < -0.39 is 0 Å². The number of phenolic OH excluding ortho intramolecular Hbond substituents is 1. The van der Waals surface area contributed by atoms with E-state index in [1.807, 2.05) is 11.8 Å².